The lowest BCUT2D eigenvalue weighted by Crippen LogP contribution is -2.19. The predicted molar refractivity (Wildman–Crippen MR) is 127 cm³/mol. The zero-order valence-electron chi connectivity index (χ0n) is 17.3. The molecule has 0 atom stereocenters. The molecule has 2 aromatic carbocycles. The standard InChI is InChI=1S/C24H24ClN5O/c1-17-26-22(16-23(27-17)30-14-2-3-15-30)28-20-9-11-21(12-10-20)29-24(31)13-6-18-4-7-19(25)8-5-18/h4-13,16H,2-3,14-15H2,1H3,(H,29,31)(H,26,27,28)/b13-6+. The maximum absolute atomic E-state index is 12.2. The highest BCUT2D eigenvalue weighted by Crippen LogP contribution is 2.23. The Morgan fingerprint density at radius 1 is 1.00 bits per heavy atom. The van der Waals surface area contributed by atoms with E-state index in [1.54, 1.807) is 18.2 Å². The predicted octanol–water partition coefficient (Wildman–Crippen LogP) is 5.43. The zero-order chi connectivity index (χ0) is 21.6. The van der Waals surface area contributed by atoms with E-state index in [0.717, 1.165) is 41.8 Å². The van der Waals surface area contributed by atoms with Crippen molar-refractivity contribution >= 4 is 46.6 Å². The van der Waals surface area contributed by atoms with Gasteiger partial charge in [0.2, 0.25) is 5.91 Å². The summed E-state index contributed by atoms with van der Waals surface area (Å²) < 4.78 is 0. The molecule has 0 saturated carbocycles. The van der Waals surface area contributed by atoms with Crippen molar-refractivity contribution in [3.63, 3.8) is 0 Å². The number of anilines is 4. The van der Waals surface area contributed by atoms with Gasteiger partial charge in [-0.15, -0.1) is 0 Å². The maximum Gasteiger partial charge on any atom is 0.248 e. The molecule has 4 rings (SSSR count). The fraction of sp³-hybridized carbons (Fsp3) is 0.208. The third-order valence-corrected chi connectivity index (χ3v) is 5.23. The molecule has 31 heavy (non-hydrogen) atoms. The fourth-order valence-corrected chi connectivity index (χ4v) is 3.56. The van der Waals surface area contributed by atoms with Crippen molar-refractivity contribution in [3.05, 3.63) is 77.1 Å². The topological polar surface area (TPSA) is 70.2 Å². The smallest absolute Gasteiger partial charge is 0.248 e. The van der Waals surface area contributed by atoms with Crippen LogP contribution in [0.2, 0.25) is 5.02 Å². The van der Waals surface area contributed by atoms with E-state index >= 15 is 0 Å². The molecule has 2 N–H and O–H groups in total. The molecule has 1 amide bonds. The summed E-state index contributed by atoms with van der Waals surface area (Å²) in [7, 11) is 0. The first-order valence-electron chi connectivity index (χ1n) is 10.3. The van der Waals surface area contributed by atoms with Crippen LogP contribution in [0.3, 0.4) is 0 Å². The van der Waals surface area contributed by atoms with E-state index < -0.39 is 0 Å². The number of hydrogen-bond donors (Lipinski definition) is 2. The molecule has 0 radical (unpaired) electrons. The van der Waals surface area contributed by atoms with Gasteiger partial charge in [0.05, 0.1) is 0 Å². The summed E-state index contributed by atoms with van der Waals surface area (Å²) in [6, 6.07) is 16.8. The summed E-state index contributed by atoms with van der Waals surface area (Å²) in [6.45, 7) is 3.98. The molecule has 158 valence electrons. The number of hydrogen-bond acceptors (Lipinski definition) is 5. The van der Waals surface area contributed by atoms with Crippen molar-refractivity contribution in [1.82, 2.24) is 9.97 Å². The molecule has 2 heterocycles. The van der Waals surface area contributed by atoms with Crippen molar-refractivity contribution in [2.75, 3.05) is 28.6 Å². The molecular formula is C24H24ClN5O. The minimum atomic E-state index is -0.197. The Bertz CT molecular complexity index is 1070. The van der Waals surface area contributed by atoms with Gasteiger partial charge in [-0.25, -0.2) is 9.97 Å². The number of amides is 1. The Balaban J connectivity index is 1.37. The van der Waals surface area contributed by atoms with Crippen molar-refractivity contribution in [2.24, 2.45) is 0 Å². The van der Waals surface area contributed by atoms with Gasteiger partial charge in [0.1, 0.15) is 17.5 Å². The van der Waals surface area contributed by atoms with Crippen LogP contribution in [-0.2, 0) is 4.79 Å². The summed E-state index contributed by atoms with van der Waals surface area (Å²) in [4.78, 5) is 23.5. The molecule has 1 aliphatic rings. The molecule has 0 aliphatic carbocycles. The van der Waals surface area contributed by atoms with Crippen LogP contribution in [0.5, 0.6) is 0 Å². The van der Waals surface area contributed by atoms with E-state index in [4.69, 9.17) is 11.6 Å². The van der Waals surface area contributed by atoms with E-state index in [-0.39, 0.29) is 5.91 Å². The SMILES string of the molecule is Cc1nc(Nc2ccc(NC(=O)/C=C/c3ccc(Cl)cc3)cc2)cc(N2CCCC2)n1. The Kier molecular flexibility index (Phi) is 6.48. The molecule has 0 bridgehead atoms. The highest BCUT2D eigenvalue weighted by molar-refractivity contribution is 6.30. The average molecular weight is 434 g/mol. The van der Waals surface area contributed by atoms with Crippen molar-refractivity contribution < 1.29 is 4.79 Å². The minimum absolute atomic E-state index is 0.197. The third-order valence-electron chi connectivity index (χ3n) is 4.98. The van der Waals surface area contributed by atoms with E-state index in [1.165, 1.54) is 18.9 Å². The quantitative estimate of drug-likeness (QED) is 0.507. The second-order valence-electron chi connectivity index (χ2n) is 7.43. The fourth-order valence-electron chi connectivity index (χ4n) is 3.44. The molecule has 0 spiro atoms. The molecule has 0 unspecified atom stereocenters. The highest BCUT2D eigenvalue weighted by Gasteiger charge is 2.15. The van der Waals surface area contributed by atoms with Crippen LogP contribution < -0.4 is 15.5 Å². The molecule has 1 aromatic heterocycles. The first-order chi connectivity index (χ1) is 15.0. The van der Waals surface area contributed by atoms with Gasteiger partial charge in [-0.1, -0.05) is 23.7 Å². The van der Waals surface area contributed by atoms with E-state index in [1.807, 2.05) is 49.4 Å². The molecule has 1 fully saturated rings. The maximum atomic E-state index is 12.2. The number of carbonyl (C=O) groups excluding carboxylic acids is 1. The molecule has 6 nitrogen and oxygen atoms in total. The summed E-state index contributed by atoms with van der Waals surface area (Å²) >= 11 is 5.87. The van der Waals surface area contributed by atoms with Gasteiger partial charge in [0, 0.05) is 41.6 Å². The number of aromatic nitrogens is 2. The normalized spacial score (nSPS) is 13.5. The first-order valence-corrected chi connectivity index (χ1v) is 10.7. The Hall–Kier alpha value is -3.38. The summed E-state index contributed by atoms with van der Waals surface area (Å²) in [5.74, 6) is 2.27. The van der Waals surface area contributed by atoms with Gasteiger partial charge in [-0.2, -0.15) is 0 Å². The lowest BCUT2D eigenvalue weighted by molar-refractivity contribution is -0.111. The second kappa shape index (κ2) is 9.62. The number of rotatable bonds is 6. The summed E-state index contributed by atoms with van der Waals surface area (Å²) in [6.07, 6.45) is 5.65. The molecule has 7 heteroatoms. The van der Waals surface area contributed by atoms with E-state index in [9.17, 15) is 4.79 Å². The zero-order valence-corrected chi connectivity index (χ0v) is 18.1. The van der Waals surface area contributed by atoms with Crippen LogP contribution in [0.15, 0.2) is 60.7 Å². The van der Waals surface area contributed by atoms with Crippen LogP contribution in [0.4, 0.5) is 23.0 Å². The van der Waals surface area contributed by atoms with Crippen LogP contribution >= 0.6 is 11.6 Å². The second-order valence-corrected chi connectivity index (χ2v) is 7.87. The van der Waals surface area contributed by atoms with Crippen molar-refractivity contribution in [1.29, 1.82) is 0 Å². The van der Waals surface area contributed by atoms with Crippen LogP contribution in [0.1, 0.15) is 24.2 Å². The van der Waals surface area contributed by atoms with Crippen LogP contribution in [-0.4, -0.2) is 29.0 Å². The monoisotopic (exact) mass is 433 g/mol. The minimum Gasteiger partial charge on any atom is -0.356 e. The lowest BCUT2D eigenvalue weighted by atomic mass is 10.2. The van der Waals surface area contributed by atoms with Crippen LogP contribution in [0.25, 0.3) is 6.08 Å². The first kappa shape index (κ1) is 20.9. The third kappa shape index (κ3) is 5.83. The van der Waals surface area contributed by atoms with E-state index in [2.05, 4.69) is 25.5 Å². The van der Waals surface area contributed by atoms with Gasteiger partial charge in [-0.3, -0.25) is 4.79 Å². The number of carbonyl (C=O) groups is 1. The van der Waals surface area contributed by atoms with Gasteiger partial charge in [-0.05, 0) is 67.8 Å². The Labute approximate surface area is 187 Å². The molecule has 1 saturated heterocycles. The Morgan fingerprint density at radius 3 is 2.39 bits per heavy atom. The number of halogens is 1. The van der Waals surface area contributed by atoms with Crippen molar-refractivity contribution in [3.8, 4) is 0 Å². The highest BCUT2D eigenvalue weighted by atomic mass is 35.5. The van der Waals surface area contributed by atoms with Gasteiger partial charge < -0.3 is 15.5 Å². The summed E-state index contributed by atoms with van der Waals surface area (Å²) in [5, 5.41) is 6.85. The number of nitrogens with zero attached hydrogens (tertiary/aromatic N) is 3. The number of aryl methyl sites for hydroxylation is 1. The molecule has 3 aromatic rings. The largest absolute Gasteiger partial charge is 0.356 e. The Morgan fingerprint density at radius 2 is 1.68 bits per heavy atom. The molecular weight excluding hydrogens is 410 g/mol. The number of benzene rings is 2. The average Bonchev–Trinajstić information content (AvgIpc) is 3.29. The van der Waals surface area contributed by atoms with Crippen molar-refractivity contribution in [2.45, 2.75) is 19.8 Å². The lowest BCUT2D eigenvalue weighted by Gasteiger charge is -2.18. The van der Waals surface area contributed by atoms with Gasteiger partial charge in [0.15, 0.2) is 0 Å². The van der Waals surface area contributed by atoms with E-state index in [0.29, 0.717) is 10.7 Å². The molecule has 1 aliphatic heterocycles. The number of nitrogens with one attached hydrogen (secondary N) is 2. The van der Waals surface area contributed by atoms with Crippen LogP contribution in [0, 0.1) is 6.92 Å². The van der Waals surface area contributed by atoms with Gasteiger partial charge in [0.25, 0.3) is 0 Å². The summed E-state index contributed by atoms with van der Waals surface area (Å²) in [5.41, 5.74) is 2.51. The van der Waals surface area contributed by atoms with Gasteiger partial charge >= 0.3 is 0 Å².